The lowest BCUT2D eigenvalue weighted by atomic mass is 10.2. The van der Waals surface area contributed by atoms with Gasteiger partial charge in [-0.3, -0.25) is 19.2 Å². The predicted octanol–water partition coefficient (Wildman–Crippen LogP) is 1.11. The Kier molecular flexibility index (Phi) is 7.57. The van der Waals surface area contributed by atoms with E-state index in [9.17, 15) is 19.2 Å². The van der Waals surface area contributed by atoms with E-state index in [2.05, 4.69) is 26.1 Å². The number of hydrogen-bond donors (Lipinski definition) is 3. The minimum Gasteiger partial charge on any atom is -0.352 e. The van der Waals surface area contributed by atoms with Crippen LogP contribution in [-0.4, -0.2) is 50.4 Å². The molecule has 0 fully saturated rings. The molecular weight excluding hydrogens is 438 g/mol. The van der Waals surface area contributed by atoms with Gasteiger partial charge in [-0.05, 0) is 57.2 Å². The van der Waals surface area contributed by atoms with E-state index in [1.165, 1.54) is 13.0 Å². The molecule has 0 aliphatic rings. The highest BCUT2D eigenvalue weighted by Gasteiger charge is 2.18. The topological polar surface area (TPSA) is 140 Å². The minimum atomic E-state index is -0.860. The first-order valence-corrected chi connectivity index (χ1v) is 10.7. The molecule has 11 heteroatoms. The van der Waals surface area contributed by atoms with Crippen LogP contribution in [0.5, 0.6) is 0 Å². The Balaban J connectivity index is 1.54. The van der Waals surface area contributed by atoms with Crippen molar-refractivity contribution < 1.29 is 14.4 Å². The highest BCUT2D eigenvalue weighted by atomic mass is 16.2. The van der Waals surface area contributed by atoms with Crippen molar-refractivity contribution in [3.05, 3.63) is 69.8 Å². The summed E-state index contributed by atoms with van der Waals surface area (Å²) >= 11 is 0. The highest BCUT2D eigenvalue weighted by Crippen LogP contribution is 2.10. The van der Waals surface area contributed by atoms with Crippen LogP contribution in [0.25, 0.3) is 5.82 Å². The van der Waals surface area contributed by atoms with Crippen molar-refractivity contribution in [3.8, 4) is 5.82 Å². The number of hydrogen-bond acceptors (Lipinski definition) is 6. The lowest BCUT2D eigenvalue weighted by molar-refractivity contribution is -0.124. The van der Waals surface area contributed by atoms with Gasteiger partial charge in [-0.2, -0.15) is 5.10 Å². The second-order valence-corrected chi connectivity index (χ2v) is 7.79. The van der Waals surface area contributed by atoms with Crippen molar-refractivity contribution in [3.63, 3.8) is 0 Å². The quantitative estimate of drug-likeness (QED) is 0.426. The van der Waals surface area contributed by atoms with Crippen molar-refractivity contribution >= 4 is 23.4 Å². The van der Waals surface area contributed by atoms with Gasteiger partial charge >= 0.3 is 0 Å². The van der Waals surface area contributed by atoms with E-state index >= 15 is 0 Å². The second-order valence-electron chi connectivity index (χ2n) is 7.79. The van der Waals surface area contributed by atoms with Crippen LogP contribution in [0, 0.1) is 13.8 Å². The largest absolute Gasteiger partial charge is 0.352 e. The predicted molar refractivity (Wildman–Crippen MR) is 126 cm³/mol. The molecule has 3 rings (SSSR count). The highest BCUT2D eigenvalue weighted by molar-refractivity contribution is 5.95. The summed E-state index contributed by atoms with van der Waals surface area (Å²) in [6, 6.07) is 10.4. The van der Waals surface area contributed by atoms with Gasteiger partial charge < -0.3 is 16.0 Å². The van der Waals surface area contributed by atoms with Crippen LogP contribution >= 0.6 is 0 Å². The summed E-state index contributed by atoms with van der Waals surface area (Å²) in [4.78, 5) is 48.2. The molecule has 3 N–H and O–H groups in total. The Labute approximate surface area is 196 Å². The van der Waals surface area contributed by atoms with E-state index in [4.69, 9.17) is 0 Å². The molecule has 11 nitrogen and oxygen atoms in total. The van der Waals surface area contributed by atoms with Gasteiger partial charge in [-0.25, -0.2) is 9.36 Å². The molecule has 3 amide bonds. The van der Waals surface area contributed by atoms with Crippen molar-refractivity contribution in [2.75, 3.05) is 18.4 Å². The first kappa shape index (κ1) is 24.4. The van der Waals surface area contributed by atoms with E-state index in [1.807, 2.05) is 19.9 Å². The minimum absolute atomic E-state index is 0.171. The third-order valence-corrected chi connectivity index (χ3v) is 4.96. The molecule has 34 heavy (non-hydrogen) atoms. The molecule has 1 aromatic carbocycles. The van der Waals surface area contributed by atoms with E-state index in [1.54, 1.807) is 41.9 Å². The summed E-state index contributed by atoms with van der Waals surface area (Å²) < 4.78 is 2.71. The maximum absolute atomic E-state index is 12.6. The molecule has 1 unspecified atom stereocenters. The van der Waals surface area contributed by atoms with Crippen LogP contribution in [0.4, 0.5) is 5.69 Å². The fourth-order valence-corrected chi connectivity index (χ4v) is 3.30. The van der Waals surface area contributed by atoms with Crippen molar-refractivity contribution in [2.45, 2.75) is 33.7 Å². The van der Waals surface area contributed by atoms with E-state index in [0.717, 1.165) is 16.1 Å². The van der Waals surface area contributed by atoms with Gasteiger partial charge in [0.25, 0.3) is 11.5 Å². The first-order chi connectivity index (χ1) is 16.2. The summed E-state index contributed by atoms with van der Waals surface area (Å²) in [5.41, 5.74) is 2.27. The van der Waals surface area contributed by atoms with Crippen molar-refractivity contribution in [2.24, 2.45) is 0 Å². The SMILES string of the molecule is CC(=O)Nc1ccc(C(=O)NCCNC(=O)C(C)n2nc(-n3nc(C)cc3C)ccc2=O)cc1. The smallest absolute Gasteiger partial charge is 0.267 e. The standard InChI is InChI=1S/C23H27N7O4/c1-14-13-15(2)29(27-14)20-9-10-21(32)30(28-20)16(3)22(33)24-11-12-25-23(34)18-5-7-19(8-6-18)26-17(4)31/h5-10,13,16H,11-12H2,1-4H3,(H,24,33)(H,25,34)(H,26,31). The Hall–Kier alpha value is -4.28. The van der Waals surface area contributed by atoms with Gasteiger partial charge in [0.1, 0.15) is 6.04 Å². The Morgan fingerprint density at radius 1 is 0.971 bits per heavy atom. The van der Waals surface area contributed by atoms with Gasteiger partial charge in [0.05, 0.1) is 5.69 Å². The summed E-state index contributed by atoms with van der Waals surface area (Å²) in [6.45, 7) is 7.07. The molecule has 0 bridgehead atoms. The number of rotatable bonds is 8. The normalized spacial score (nSPS) is 11.5. The molecule has 1 atom stereocenters. The van der Waals surface area contributed by atoms with Gasteiger partial charge in [0.15, 0.2) is 5.82 Å². The zero-order valence-corrected chi connectivity index (χ0v) is 19.5. The van der Waals surface area contributed by atoms with Gasteiger partial charge in [-0.1, -0.05) is 0 Å². The fraction of sp³-hybridized carbons (Fsp3) is 0.304. The molecule has 3 aromatic rings. The van der Waals surface area contributed by atoms with Crippen LogP contribution in [-0.2, 0) is 9.59 Å². The summed E-state index contributed by atoms with van der Waals surface area (Å²) in [6.07, 6.45) is 0. The number of nitrogens with zero attached hydrogens (tertiary/aromatic N) is 4. The third-order valence-electron chi connectivity index (χ3n) is 4.96. The number of aryl methyl sites for hydroxylation is 2. The molecule has 0 aliphatic heterocycles. The molecule has 0 saturated carbocycles. The van der Waals surface area contributed by atoms with Crippen molar-refractivity contribution in [1.29, 1.82) is 0 Å². The molecular formula is C23H27N7O4. The Morgan fingerprint density at radius 3 is 2.26 bits per heavy atom. The van der Waals surface area contributed by atoms with Gasteiger partial charge in [-0.15, -0.1) is 5.10 Å². The molecule has 2 aromatic heterocycles. The lowest BCUT2D eigenvalue weighted by Crippen LogP contribution is -2.40. The van der Waals surface area contributed by atoms with Crippen molar-refractivity contribution in [1.82, 2.24) is 30.2 Å². The van der Waals surface area contributed by atoms with Gasteiger partial charge in [0.2, 0.25) is 11.8 Å². The number of anilines is 1. The van der Waals surface area contributed by atoms with Crippen LogP contribution < -0.4 is 21.5 Å². The number of amides is 3. The lowest BCUT2D eigenvalue weighted by Gasteiger charge is -2.15. The zero-order chi connectivity index (χ0) is 24.8. The average Bonchev–Trinajstić information content (AvgIpc) is 3.14. The molecule has 0 aliphatic carbocycles. The van der Waals surface area contributed by atoms with Crippen LogP contribution in [0.15, 0.2) is 47.3 Å². The number of carbonyl (C=O) groups excluding carboxylic acids is 3. The summed E-state index contributed by atoms with van der Waals surface area (Å²) in [5, 5.41) is 16.7. The monoisotopic (exact) mass is 465 g/mol. The number of carbonyl (C=O) groups is 3. The fourth-order valence-electron chi connectivity index (χ4n) is 3.30. The average molecular weight is 466 g/mol. The molecule has 0 saturated heterocycles. The number of benzene rings is 1. The second kappa shape index (κ2) is 10.6. The summed E-state index contributed by atoms with van der Waals surface area (Å²) in [7, 11) is 0. The maximum atomic E-state index is 12.6. The molecule has 0 radical (unpaired) electrons. The van der Waals surface area contributed by atoms with Gasteiger partial charge in [0, 0.05) is 43.0 Å². The third kappa shape index (κ3) is 5.94. The van der Waals surface area contributed by atoms with E-state index in [0.29, 0.717) is 17.1 Å². The number of nitrogens with one attached hydrogen (secondary N) is 3. The van der Waals surface area contributed by atoms with E-state index in [-0.39, 0.29) is 24.9 Å². The number of aromatic nitrogens is 4. The maximum Gasteiger partial charge on any atom is 0.267 e. The molecule has 0 spiro atoms. The first-order valence-electron chi connectivity index (χ1n) is 10.7. The zero-order valence-electron chi connectivity index (χ0n) is 19.5. The van der Waals surface area contributed by atoms with Crippen LogP contribution in [0.3, 0.4) is 0 Å². The van der Waals surface area contributed by atoms with E-state index < -0.39 is 17.5 Å². The summed E-state index contributed by atoms with van der Waals surface area (Å²) in [5.74, 6) is -0.485. The Morgan fingerprint density at radius 2 is 1.65 bits per heavy atom. The van der Waals surface area contributed by atoms with Crippen LogP contribution in [0.2, 0.25) is 0 Å². The molecule has 2 heterocycles. The Bertz CT molecular complexity index is 1260. The van der Waals surface area contributed by atoms with Crippen LogP contribution in [0.1, 0.15) is 41.6 Å². The molecule has 178 valence electrons.